The zero-order chi connectivity index (χ0) is 22.5. The van der Waals surface area contributed by atoms with E-state index in [9.17, 15) is 14.0 Å². The fourth-order valence-electron chi connectivity index (χ4n) is 3.08. The maximum Gasteiger partial charge on any atom is 0.413 e. The lowest BCUT2D eigenvalue weighted by molar-refractivity contribution is -0.111. The van der Waals surface area contributed by atoms with Crippen LogP contribution in [0, 0.1) is 19.7 Å². The maximum atomic E-state index is 13.2. The number of methoxy groups -OCH3 is 1. The van der Waals surface area contributed by atoms with Gasteiger partial charge in [0.2, 0.25) is 5.91 Å². The van der Waals surface area contributed by atoms with Crippen LogP contribution in [0.4, 0.5) is 20.6 Å². The molecule has 8 heteroatoms. The van der Waals surface area contributed by atoms with Crippen molar-refractivity contribution in [2.24, 2.45) is 0 Å². The minimum absolute atomic E-state index is 0.303. The number of aromatic nitrogens is 2. The second-order valence-corrected chi connectivity index (χ2v) is 6.87. The zero-order valence-electron chi connectivity index (χ0n) is 17.7. The number of rotatable bonds is 5. The molecule has 0 spiro atoms. The van der Waals surface area contributed by atoms with Crippen LogP contribution >= 0.6 is 0 Å². The summed E-state index contributed by atoms with van der Waals surface area (Å²) in [5.74, 6) is -0.616. The molecular weight excluding hydrogens is 399 g/mol. The maximum absolute atomic E-state index is 13.2. The van der Waals surface area contributed by atoms with E-state index in [4.69, 9.17) is 0 Å². The van der Waals surface area contributed by atoms with Crippen LogP contribution in [0.3, 0.4) is 0 Å². The Labute approximate surface area is 179 Å². The average Bonchev–Trinajstić information content (AvgIpc) is 3.05. The molecule has 0 saturated heterocycles. The van der Waals surface area contributed by atoms with Crippen LogP contribution < -0.4 is 10.2 Å². The van der Waals surface area contributed by atoms with E-state index in [-0.39, 0.29) is 11.7 Å². The molecule has 3 rings (SSSR count). The van der Waals surface area contributed by atoms with Crippen molar-refractivity contribution in [3.05, 3.63) is 77.4 Å². The Morgan fingerprint density at radius 3 is 2.35 bits per heavy atom. The molecule has 1 aromatic heterocycles. The van der Waals surface area contributed by atoms with Gasteiger partial charge >= 0.3 is 6.09 Å². The molecule has 0 aliphatic heterocycles. The number of benzene rings is 2. The largest absolute Gasteiger partial charge is 0.452 e. The van der Waals surface area contributed by atoms with Gasteiger partial charge in [0.05, 0.1) is 18.5 Å². The molecule has 7 nitrogen and oxygen atoms in total. The summed E-state index contributed by atoms with van der Waals surface area (Å²) in [5, 5.41) is 7.26. The number of nitrogens with one attached hydrogen (secondary N) is 1. The summed E-state index contributed by atoms with van der Waals surface area (Å²) in [4.78, 5) is 25.3. The number of hydrogen-bond acceptors (Lipinski definition) is 4. The predicted octanol–water partition coefficient (Wildman–Crippen LogP) is 4.48. The molecule has 31 heavy (non-hydrogen) atoms. The highest BCUT2D eigenvalue weighted by molar-refractivity contribution is 6.02. The van der Waals surface area contributed by atoms with Gasteiger partial charge in [-0.05, 0) is 68.5 Å². The average molecular weight is 422 g/mol. The number of aryl methyl sites for hydroxylation is 1. The first-order chi connectivity index (χ1) is 14.8. The van der Waals surface area contributed by atoms with Gasteiger partial charge in [0.25, 0.3) is 0 Å². The summed E-state index contributed by atoms with van der Waals surface area (Å²) in [5.41, 5.74) is 4.37. The minimum atomic E-state index is -0.480. The van der Waals surface area contributed by atoms with Crippen LogP contribution in [0.1, 0.15) is 17.0 Å². The Hall–Kier alpha value is -3.94. The highest BCUT2D eigenvalue weighted by Gasteiger charge is 2.12. The number of carbonyl (C=O) groups excluding carboxylic acids is 2. The Kier molecular flexibility index (Phi) is 6.49. The van der Waals surface area contributed by atoms with Crippen molar-refractivity contribution < 1.29 is 18.7 Å². The van der Waals surface area contributed by atoms with Crippen molar-refractivity contribution in [1.82, 2.24) is 9.78 Å². The molecule has 0 unspecified atom stereocenters. The lowest BCUT2D eigenvalue weighted by Gasteiger charge is -2.15. The number of hydrogen-bond donors (Lipinski definition) is 1. The molecule has 3 aromatic rings. The van der Waals surface area contributed by atoms with E-state index >= 15 is 0 Å². The topological polar surface area (TPSA) is 76.5 Å². The number of ether oxygens (including phenoxy) is 1. The Morgan fingerprint density at radius 1 is 1.10 bits per heavy atom. The van der Waals surface area contributed by atoms with Gasteiger partial charge in [-0.25, -0.2) is 13.9 Å². The van der Waals surface area contributed by atoms with Crippen molar-refractivity contribution >= 4 is 29.5 Å². The molecule has 2 aromatic carbocycles. The molecule has 1 N–H and O–H groups in total. The Bertz CT molecular complexity index is 1120. The molecule has 0 radical (unpaired) electrons. The van der Waals surface area contributed by atoms with Gasteiger partial charge in [0, 0.05) is 35.8 Å². The van der Waals surface area contributed by atoms with Crippen molar-refractivity contribution in [2.75, 3.05) is 24.4 Å². The van der Waals surface area contributed by atoms with Gasteiger partial charge in [-0.2, -0.15) is 5.10 Å². The lowest BCUT2D eigenvalue weighted by Crippen LogP contribution is -2.25. The molecular formula is C23H23FN4O3. The van der Waals surface area contributed by atoms with Crippen molar-refractivity contribution in [3.8, 4) is 5.69 Å². The minimum Gasteiger partial charge on any atom is -0.452 e. The number of nitrogens with zero attached hydrogens (tertiary/aromatic N) is 3. The van der Waals surface area contributed by atoms with Crippen molar-refractivity contribution in [3.63, 3.8) is 0 Å². The predicted molar refractivity (Wildman–Crippen MR) is 118 cm³/mol. The first-order valence-electron chi connectivity index (χ1n) is 9.53. The molecule has 0 bridgehead atoms. The van der Waals surface area contributed by atoms with E-state index in [2.05, 4.69) is 15.2 Å². The van der Waals surface area contributed by atoms with E-state index in [0.29, 0.717) is 11.4 Å². The number of halogens is 1. The smallest absolute Gasteiger partial charge is 0.413 e. The van der Waals surface area contributed by atoms with Crippen molar-refractivity contribution in [2.45, 2.75) is 13.8 Å². The monoisotopic (exact) mass is 422 g/mol. The molecule has 0 atom stereocenters. The van der Waals surface area contributed by atoms with Crippen LogP contribution in [-0.2, 0) is 9.53 Å². The third-order valence-electron chi connectivity index (χ3n) is 4.79. The summed E-state index contributed by atoms with van der Waals surface area (Å²) in [6.07, 6.45) is 2.65. The second kappa shape index (κ2) is 9.25. The highest BCUT2D eigenvalue weighted by Crippen LogP contribution is 2.20. The lowest BCUT2D eigenvalue weighted by atomic mass is 10.2. The van der Waals surface area contributed by atoms with Crippen LogP contribution in [0.25, 0.3) is 11.8 Å². The molecule has 160 valence electrons. The summed E-state index contributed by atoms with van der Waals surface area (Å²) < 4.78 is 19.6. The summed E-state index contributed by atoms with van der Waals surface area (Å²) in [7, 11) is 2.91. The fourth-order valence-corrected chi connectivity index (χ4v) is 3.08. The van der Waals surface area contributed by atoms with Gasteiger partial charge in [0.1, 0.15) is 5.82 Å². The molecule has 0 fully saturated rings. The molecule has 0 saturated carbocycles. The molecule has 0 aliphatic rings. The van der Waals surface area contributed by atoms with E-state index in [1.165, 1.54) is 30.2 Å². The first kappa shape index (κ1) is 21.8. The van der Waals surface area contributed by atoms with Crippen LogP contribution in [0.5, 0.6) is 0 Å². The Morgan fingerprint density at radius 2 is 1.74 bits per heavy atom. The van der Waals surface area contributed by atoms with Crippen molar-refractivity contribution in [1.29, 1.82) is 0 Å². The molecule has 0 aliphatic carbocycles. The SMILES string of the molecule is COC(=O)N(C)c1ccc(NC(=O)/C=C/c2c(C)nn(-c3ccc(F)cc3)c2C)cc1. The third kappa shape index (κ3) is 4.98. The fraction of sp³-hybridized carbons (Fsp3) is 0.174. The summed E-state index contributed by atoms with van der Waals surface area (Å²) in [6.45, 7) is 3.73. The van der Waals surface area contributed by atoms with Gasteiger partial charge in [-0.3, -0.25) is 9.69 Å². The van der Waals surface area contributed by atoms with Gasteiger partial charge in [0.15, 0.2) is 0 Å². The molecule has 2 amide bonds. The van der Waals surface area contributed by atoms with Gasteiger partial charge < -0.3 is 10.1 Å². The molecule has 1 heterocycles. The third-order valence-corrected chi connectivity index (χ3v) is 4.79. The van der Waals surface area contributed by atoms with Gasteiger partial charge in [-0.15, -0.1) is 0 Å². The van der Waals surface area contributed by atoms with Crippen LogP contribution in [-0.4, -0.2) is 35.9 Å². The zero-order valence-corrected chi connectivity index (χ0v) is 17.7. The van der Waals surface area contributed by atoms with Crippen LogP contribution in [0.2, 0.25) is 0 Å². The van der Waals surface area contributed by atoms with E-state index in [1.54, 1.807) is 54.2 Å². The number of anilines is 2. The second-order valence-electron chi connectivity index (χ2n) is 6.87. The van der Waals surface area contributed by atoms with Crippen LogP contribution in [0.15, 0.2) is 54.6 Å². The first-order valence-corrected chi connectivity index (χ1v) is 9.53. The highest BCUT2D eigenvalue weighted by atomic mass is 19.1. The standard InChI is InChI=1S/C23H23FN4O3/c1-15-21(16(2)28(26-15)20-9-5-17(24)6-10-20)13-14-22(29)25-18-7-11-19(12-8-18)27(3)23(30)31-4/h5-14H,1-4H3,(H,25,29)/b14-13+. The normalized spacial score (nSPS) is 10.9. The van der Waals surface area contributed by atoms with Gasteiger partial charge in [-0.1, -0.05) is 0 Å². The van der Waals surface area contributed by atoms with E-state index < -0.39 is 6.09 Å². The quantitative estimate of drug-likeness (QED) is 0.615. The Balaban J connectivity index is 1.70. The van der Waals surface area contributed by atoms with E-state index in [0.717, 1.165) is 22.6 Å². The number of amides is 2. The summed E-state index contributed by atoms with van der Waals surface area (Å²) in [6, 6.07) is 12.9. The summed E-state index contributed by atoms with van der Waals surface area (Å²) >= 11 is 0. The number of carbonyl (C=O) groups is 2. The van der Waals surface area contributed by atoms with E-state index in [1.807, 2.05) is 13.8 Å².